The Bertz CT molecular complexity index is 196. The number of halogens is 1. The maximum Gasteiger partial charge on any atom is 0.305 e. The van der Waals surface area contributed by atoms with Crippen LogP contribution in [0.3, 0.4) is 0 Å². The van der Waals surface area contributed by atoms with E-state index in [1.54, 1.807) is 13.8 Å². The van der Waals surface area contributed by atoms with Crippen LogP contribution in [0.2, 0.25) is 0 Å². The Kier molecular flexibility index (Phi) is 9.66. The van der Waals surface area contributed by atoms with Crippen LogP contribution >= 0.6 is 22.6 Å². The Labute approximate surface area is 110 Å². The molecule has 0 N–H and O–H groups in total. The molecular formula is C11H19IO4. The molecule has 0 rings (SSSR count). The third kappa shape index (κ3) is 8.94. The molecule has 0 bridgehead atoms. The Morgan fingerprint density at radius 1 is 1.00 bits per heavy atom. The average Bonchev–Trinajstić information content (AvgIpc) is 2.24. The smallest absolute Gasteiger partial charge is 0.305 e. The largest absolute Gasteiger partial charge is 0.466 e. The summed E-state index contributed by atoms with van der Waals surface area (Å²) in [4.78, 5) is 22.1. The molecule has 4 nitrogen and oxygen atoms in total. The molecule has 0 atom stereocenters. The lowest BCUT2D eigenvalue weighted by atomic mass is 10.1. The van der Waals surface area contributed by atoms with E-state index in [1.165, 1.54) is 0 Å². The Morgan fingerprint density at radius 2 is 1.38 bits per heavy atom. The van der Waals surface area contributed by atoms with Crippen molar-refractivity contribution >= 4 is 34.5 Å². The number of ether oxygens (including phenoxy) is 2. The first-order valence-electron chi connectivity index (χ1n) is 5.55. The fourth-order valence-corrected chi connectivity index (χ4v) is 1.78. The van der Waals surface area contributed by atoms with Crippen LogP contribution in [0.5, 0.6) is 0 Å². The summed E-state index contributed by atoms with van der Waals surface area (Å²) in [5.74, 6) is -0.333. The summed E-state index contributed by atoms with van der Waals surface area (Å²) in [5.41, 5.74) is 0. The van der Waals surface area contributed by atoms with Gasteiger partial charge in [-0.25, -0.2) is 0 Å². The van der Waals surface area contributed by atoms with Crippen molar-refractivity contribution in [3.63, 3.8) is 0 Å². The molecule has 94 valence electrons. The summed E-state index contributed by atoms with van der Waals surface area (Å²) in [6.45, 7) is 4.43. The van der Waals surface area contributed by atoms with Crippen molar-refractivity contribution in [2.75, 3.05) is 13.2 Å². The molecule has 0 fully saturated rings. The summed E-state index contributed by atoms with van der Waals surface area (Å²) in [7, 11) is 0. The Balaban J connectivity index is 3.54. The van der Waals surface area contributed by atoms with E-state index in [4.69, 9.17) is 9.47 Å². The van der Waals surface area contributed by atoms with Crippen LogP contribution in [-0.2, 0) is 19.1 Å². The summed E-state index contributed by atoms with van der Waals surface area (Å²) >= 11 is 2.25. The lowest BCUT2D eigenvalue weighted by molar-refractivity contribution is -0.143. The van der Waals surface area contributed by atoms with Crippen LogP contribution in [-0.4, -0.2) is 29.1 Å². The molecule has 0 heterocycles. The van der Waals surface area contributed by atoms with Gasteiger partial charge in [0.2, 0.25) is 0 Å². The molecule has 0 saturated heterocycles. The van der Waals surface area contributed by atoms with E-state index in [-0.39, 0.29) is 11.9 Å². The molecule has 0 aromatic rings. The molecular weight excluding hydrogens is 323 g/mol. The topological polar surface area (TPSA) is 52.6 Å². The molecule has 0 aliphatic rings. The highest BCUT2D eigenvalue weighted by atomic mass is 127. The van der Waals surface area contributed by atoms with Crippen LogP contribution in [0, 0.1) is 0 Å². The van der Waals surface area contributed by atoms with Gasteiger partial charge < -0.3 is 9.47 Å². The van der Waals surface area contributed by atoms with Crippen LogP contribution in [0.1, 0.15) is 39.5 Å². The van der Waals surface area contributed by atoms with Gasteiger partial charge in [0.1, 0.15) is 0 Å². The van der Waals surface area contributed by atoms with Gasteiger partial charge >= 0.3 is 11.9 Å². The van der Waals surface area contributed by atoms with E-state index >= 15 is 0 Å². The fourth-order valence-electron chi connectivity index (χ4n) is 1.16. The van der Waals surface area contributed by atoms with Crippen molar-refractivity contribution in [1.82, 2.24) is 0 Å². The van der Waals surface area contributed by atoms with E-state index in [1.807, 2.05) is 0 Å². The molecule has 0 aliphatic heterocycles. The maximum atomic E-state index is 11.1. The first-order chi connectivity index (χ1) is 7.60. The molecule has 0 radical (unpaired) electrons. The first kappa shape index (κ1) is 15.7. The lowest BCUT2D eigenvalue weighted by Crippen LogP contribution is -2.10. The summed E-state index contributed by atoms with van der Waals surface area (Å²) < 4.78 is 9.96. The number of carbonyl (C=O) groups is 2. The van der Waals surface area contributed by atoms with Gasteiger partial charge in [-0.1, -0.05) is 22.6 Å². The van der Waals surface area contributed by atoms with E-state index in [0.29, 0.717) is 30.0 Å². The molecule has 0 aromatic carbocycles. The van der Waals surface area contributed by atoms with Crippen molar-refractivity contribution in [1.29, 1.82) is 0 Å². The highest BCUT2D eigenvalue weighted by Gasteiger charge is 2.11. The first-order valence-corrected chi connectivity index (χ1v) is 6.80. The van der Waals surface area contributed by atoms with E-state index in [9.17, 15) is 9.59 Å². The number of hydrogen-bond acceptors (Lipinski definition) is 4. The van der Waals surface area contributed by atoms with Gasteiger partial charge in [-0.3, -0.25) is 9.59 Å². The lowest BCUT2D eigenvalue weighted by Gasteiger charge is -2.08. The number of alkyl halides is 1. The van der Waals surface area contributed by atoms with Gasteiger partial charge in [-0.2, -0.15) is 0 Å². The summed E-state index contributed by atoms with van der Waals surface area (Å²) in [5, 5.41) is 0. The van der Waals surface area contributed by atoms with Gasteiger partial charge in [-0.15, -0.1) is 0 Å². The molecule has 16 heavy (non-hydrogen) atoms. The zero-order valence-electron chi connectivity index (χ0n) is 9.83. The van der Waals surface area contributed by atoms with Gasteiger partial charge in [0.25, 0.3) is 0 Å². The van der Waals surface area contributed by atoms with Crippen molar-refractivity contribution in [2.24, 2.45) is 0 Å². The van der Waals surface area contributed by atoms with Gasteiger partial charge in [-0.05, 0) is 26.7 Å². The van der Waals surface area contributed by atoms with Gasteiger partial charge in [0.05, 0.1) is 13.2 Å². The van der Waals surface area contributed by atoms with E-state index < -0.39 is 0 Å². The molecule has 5 heteroatoms. The molecule has 0 aromatic heterocycles. The predicted molar refractivity (Wildman–Crippen MR) is 69.5 cm³/mol. The highest BCUT2D eigenvalue weighted by Crippen LogP contribution is 2.15. The quantitative estimate of drug-likeness (QED) is 0.386. The Hall–Kier alpha value is -0.330. The highest BCUT2D eigenvalue weighted by molar-refractivity contribution is 14.1. The standard InChI is InChI=1S/C11H19IO4/c1-3-15-10(13)7-5-9(12)6-8-11(14)16-4-2/h9H,3-8H2,1-2H3. The number of carbonyl (C=O) groups excluding carboxylic acids is 2. The minimum atomic E-state index is -0.166. The van der Waals surface area contributed by atoms with Crippen molar-refractivity contribution in [3.05, 3.63) is 0 Å². The zero-order valence-corrected chi connectivity index (χ0v) is 12.0. The second kappa shape index (κ2) is 9.86. The number of esters is 2. The molecule has 0 unspecified atom stereocenters. The second-order valence-electron chi connectivity index (χ2n) is 3.28. The van der Waals surface area contributed by atoms with Crippen LogP contribution < -0.4 is 0 Å². The van der Waals surface area contributed by atoms with Crippen LogP contribution in [0.15, 0.2) is 0 Å². The SMILES string of the molecule is CCOC(=O)CCC(I)CCC(=O)OCC. The van der Waals surface area contributed by atoms with Crippen LogP contribution in [0.4, 0.5) is 0 Å². The third-order valence-electron chi connectivity index (χ3n) is 1.93. The Morgan fingerprint density at radius 3 is 1.69 bits per heavy atom. The average molecular weight is 342 g/mol. The maximum absolute atomic E-state index is 11.1. The molecule has 0 saturated carbocycles. The minimum absolute atomic E-state index is 0.166. The van der Waals surface area contributed by atoms with Crippen molar-refractivity contribution in [3.8, 4) is 0 Å². The number of rotatable bonds is 8. The van der Waals surface area contributed by atoms with Crippen molar-refractivity contribution in [2.45, 2.75) is 43.5 Å². The van der Waals surface area contributed by atoms with E-state index in [0.717, 1.165) is 12.8 Å². The van der Waals surface area contributed by atoms with Crippen LogP contribution in [0.25, 0.3) is 0 Å². The monoisotopic (exact) mass is 342 g/mol. The van der Waals surface area contributed by atoms with E-state index in [2.05, 4.69) is 22.6 Å². The fraction of sp³-hybridized carbons (Fsp3) is 0.818. The van der Waals surface area contributed by atoms with Gasteiger partial charge in [0.15, 0.2) is 0 Å². The summed E-state index contributed by atoms with van der Waals surface area (Å²) in [6.07, 6.45) is 2.34. The van der Waals surface area contributed by atoms with Crippen molar-refractivity contribution < 1.29 is 19.1 Å². The van der Waals surface area contributed by atoms with Gasteiger partial charge in [0, 0.05) is 16.8 Å². The third-order valence-corrected chi connectivity index (χ3v) is 3.18. The second-order valence-corrected chi connectivity index (χ2v) is 5.05. The number of hydrogen-bond donors (Lipinski definition) is 0. The zero-order chi connectivity index (χ0) is 12.4. The normalized spacial score (nSPS) is 10.2. The molecule has 0 aliphatic carbocycles. The molecule has 0 amide bonds. The molecule has 0 spiro atoms. The summed E-state index contributed by atoms with van der Waals surface area (Å²) in [6, 6.07) is 0. The predicted octanol–water partition coefficient (Wildman–Crippen LogP) is 2.48. The minimum Gasteiger partial charge on any atom is -0.466 e.